The lowest BCUT2D eigenvalue weighted by molar-refractivity contribution is -0.253. The molecule has 0 saturated heterocycles. The van der Waals surface area contributed by atoms with Crippen molar-refractivity contribution in [2.24, 2.45) is 5.92 Å². The molecule has 1 amide bonds. The van der Waals surface area contributed by atoms with Gasteiger partial charge in [-0.25, -0.2) is 13.2 Å². The van der Waals surface area contributed by atoms with Gasteiger partial charge in [-0.05, 0) is 98.5 Å². The third-order valence-electron chi connectivity index (χ3n) is 8.98. The zero-order valence-electron chi connectivity index (χ0n) is 29.8. The number of esters is 1. The van der Waals surface area contributed by atoms with Crippen LogP contribution in [-0.4, -0.2) is 31.0 Å². The lowest BCUT2D eigenvalue weighted by atomic mass is 9.73. The highest BCUT2D eigenvalue weighted by Gasteiger charge is 2.46. The molecule has 4 rings (SSSR count). The number of carbonyl (C=O) groups excluding carboxylic acids is 2. The number of benzene rings is 3. The average molecular weight is 828 g/mol. The van der Waals surface area contributed by atoms with Crippen molar-refractivity contribution in [1.29, 1.82) is 0 Å². The lowest BCUT2D eigenvalue weighted by Gasteiger charge is -2.39. The van der Waals surface area contributed by atoms with Crippen LogP contribution < -0.4 is 10.1 Å². The van der Waals surface area contributed by atoms with Crippen molar-refractivity contribution >= 4 is 11.9 Å². The Morgan fingerprint density at radius 2 is 1.46 bits per heavy atom. The maximum absolute atomic E-state index is 15.3. The van der Waals surface area contributed by atoms with Crippen molar-refractivity contribution in [2.75, 3.05) is 6.61 Å². The van der Waals surface area contributed by atoms with Crippen molar-refractivity contribution in [1.82, 2.24) is 5.32 Å². The van der Waals surface area contributed by atoms with Gasteiger partial charge in [-0.3, -0.25) is 9.59 Å². The number of unbranched alkanes of at least 4 members (excludes halogenated alkanes) is 2. The maximum atomic E-state index is 15.3. The van der Waals surface area contributed by atoms with Gasteiger partial charge in [0.05, 0.1) is 23.3 Å². The molecule has 1 unspecified atom stereocenters. The fraction of sp³-hybridized carbons (Fsp3) is 0.385. The average Bonchev–Trinajstić information content (AvgIpc) is 3.10. The second kappa shape index (κ2) is 18.1. The molecule has 0 fully saturated rings. The Hall–Kier alpha value is -5.03. The Kier molecular flexibility index (Phi) is 14.1. The SMILES string of the molecule is CCOC(=O)CCCCCC1=CCC(C[C@](NC(=O)c2ccc(F)c(C(F)(F)F)c2)(c2cc(F)cc(OC(F)(F)C(F)F)c2)c2ccc(F)c(C(F)(F)F)c2)C=C1. The van der Waals surface area contributed by atoms with Gasteiger partial charge in [0.15, 0.2) is 0 Å². The third-order valence-corrected chi connectivity index (χ3v) is 8.98. The molecule has 2 atom stereocenters. The van der Waals surface area contributed by atoms with Gasteiger partial charge >= 0.3 is 30.9 Å². The molecule has 0 heterocycles. The van der Waals surface area contributed by atoms with E-state index in [-0.39, 0.29) is 49.7 Å². The van der Waals surface area contributed by atoms with Crippen LogP contribution in [0.5, 0.6) is 5.75 Å². The smallest absolute Gasteiger partial charge is 0.461 e. The first-order valence-corrected chi connectivity index (χ1v) is 17.3. The van der Waals surface area contributed by atoms with Gasteiger partial charge in [0.25, 0.3) is 5.91 Å². The summed E-state index contributed by atoms with van der Waals surface area (Å²) in [6.07, 6.45) is -13.6. The Morgan fingerprint density at radius 1 is 0.807 bits per heavy atom. The molecule has 18 heteroatoms. The van der Waals surface area contributed by atoms with Crippen molar-refractivity contribution in [2.45, 2.75) is 82.3 Å². The van der Waals surface area contributed by atoms with E-state index >= 15 is 4.39 Å². The number of allylic oxidation sites excluding steroid dienone is 4. The summed E-state index contributed by atoms with van der Waals surface area (Å²) < 4.78 is 191. The Labute approximate surface area is 317 Å². The van der Waals surface area contributed by atoms with Crippen LogP contribution in [0.25, 0.3) is 0 Å². The van der Waals surface area contributed by atoms with Gasteiger partial charge in [0.2, 0.25) is 0 Å². The van der Waals surface area contributed by atoms with Crippen molar-refractivity contribution < 1.29 is 76.1 Å². The second-order valence-electron chi connectivity index (χ2n) is 13.1. The van der Waals surface area contributed by atoms with Gasteiger partial charge < -0.3 is 14.8 Å². The largest absolute Gasteiger partial charge is 0.466 e. The van der Waals surface area contributed by atoms with E-state index in [1.807, 2.05) is 0 Å². The summed E-state index contributed by atoms with van der Waals surface area (Å²) in [5, 5.41) is 2.27. The molecule has 0 bridgehead atoms. The van der Waals surface area contributed by atoms with Crippen LogP contribution in [0.2, 0.25) is 0 Å². The first-order valence-electron chi connectivity index (χ1n) is 17.3. The molecule has 0 aromatic heterocycles. The van der Waals surface area contributed by atoms with Crippen LogP contribution in [0, 0.1) is 23.4 Å². The van der Waals surface area contributed by atoms with E-state index in [0.717, 1.165) is 11.6 Å². The summed E-state index contributed by atoms with van der Waals surface area (Å²) in [5.41, 5.74) is -7.98. The number of halogens is 13. The van der Waals surface area contributed by atoms with E-state index < -0.39 is 99.7 Å². The highest BCUT2D eigenvalue weighted by molar-refractivity contribution is 5.95. The van der Waals surface area contributed by atoms with Crippen LogP contribution in [0.1, 0.15) is 84.5 Å². The zero-order chi connectivity index (χ0) is 42.3. The van der Waals surface area contributed by atoms with Gasteiger partial charge in [-0.2, -0.15) is 43.9 Å². The number of nitrogens with one attached hydrogen (secondary N) is 1. The summed E-state index contributed by atoms with van der Waals surface area (Å²) in [5.74, 6) is -9.11. The predicted octanol–water partition coefficient (Wildman–Crippen LogP) is 11.5. The molecule has 57 heavy (non-hydrogen) atoms. The van der Waals surface area contributed by atoms with Gasteiger partial charge in [0.1, 0.15) is 23.2 Å². The molecule has 0 aliphatic heterocycles. The summed E-state index contributed by atoms with van der Waals surface area (Å²) in [6, 6.07) is 3.51. The van der Waals surface area contributed by atoms with Gasteiger partial charge in [-0.15, -0.1) is 0 Å². The summed E-state index contributed by atoms with van der Waals surface area (Å²) in [4.78, 5) is 25.5. The molecule has 1 aliphatic carbocycles. The van der Waals surface area contributed by atoms with Crippen LogP contribution in [0.3, 0.4) is 0 Å². The number of ether oxygens (including phenoxy) is 2. The minimum Gasteiger partial charge on any atom is -0.466 e. The molecule has 3 aromatic rings. The number of alkyl halides is 10. The summed E-state index contributed by atoms with van der Waals surface area (Å²) in [6.45, 7) is 1.91. The van der Waals surface area contributed by atoms with Gasteiger partial charge in [-0.1, -0.05) is 36.3 Å². The standard InChI is InChI=1S/C39H34F13NO4/c1-2-56-33(54)7-5-3-4-6-22-8-10-23(11-9-22)21-36(25-13-15-32(42)30(19-25)38(48,49)50,26-17-27(40)20-28(18-26)57-39(51,52)35(43)44)53-34(55)24-12-14-31(41)29(16-24)37(45,46)47/h8-10,12-20,23,35H,2-7,11,21H2,1H3,(H,53,55)/t23?,36-/m1/s1. The molecule has 3 aromatic carbocycles. The number of amides is 1. The quantitative estimate of drug-likeness (QED) is 0.0887. The van der Waals surface area contributed by atoms with Crippen LogP contribution in [0.15, 0.2) is 78.4 Å². The van der Waals surface area contributed by atoms with E-state index in [9.17, 15) is 62.3 Å². The number of carbonyl (C=O) groups is 2. The Balaban J connectivity index is 1.85. The molecule has 0 radical (unpaired) electrons. The highest BCUT2D eigenvalue weighted by Crippen LogP contribution is 2.44. The summed E-state index contributed by atoms with van der Waals surface area (Å²) >= 11 is 0. The molecule has 5 nitrogen and oxygen atoms in total. The number of hydrogen-bond acceptors (Lipinski definition) is 4. The monoisotopic (exact) mass is 827 g/mol. The lowest BCUT2D eigenvalue weighted by Crippen LogP contribution is -2.48. The van der Waals surface area contributed by atoms with E-state index in [2.05, 4.69) is 10.1 Å². The van der Waals surface area contributed by atoms with Crippen molar-refractivity contribution in [3.05, 3.63) is 124 Å². The first-order chi connectivity index (χ1) is 26.6. The van der Waals surface area contributed by atoms with Crippen molar-refractivity contribution in [3.63, 3.8) is 0 Å². The maximum Gasteiger partial charge on any atom is 0.461 e. The molecule has 1 aliphatic rings. The molecule has 1 N–H and O–H groups in total. The first kappa shape index (κ1) is 44.7. The third kappa shape index (κ3) is 11.5. The van der Waals surface area contributed by atoms with Crippen LogP contribution in [0.4, 0.5) is 57.1 Å². The second-order valence-corrected chi connectivity index (χ2v) is 13.1. The Bertz CT molecular complexity index is 1970. The van der Waals surface area contributed by atoms with Crippen LogP contribution >= 0.6 is 0 Å². The topological polar surface area (TPSA) is 64.6 Å². The van der Waals surface area contributed by atoms with Crippen molar-refractivity contribution in [3.8, 4) is 5.75 Å². The molecular weight excluding hydrogens is 793 g/mol. The van der Waals surface area contributed by atoms with Gasteiger partial charge in [0, 0.05) is 18.1 Å². The minimum absolute atomic E-state index is 0.0660. The van der Waals surface area contributed by atoms with E-state index in [1.165, 1.54) is 0 Å². The summed E-state index contributed by atoms with van der Waals surface area (Å²) in [7, 11) is 0. The zero-order valence-corrected chi connectivity index (χ0v) is 29.8. The highest BCUT2D eigenvalue weighted by atomic mass is 19.4. The normalized spacial score (nSPS) is 15.9. The van der Waals surface area contributed by atoms with E-state index in [4.69, 9.17) is 4.74 Å². The molecule has 0 saturated carbocycles. The minimum atomic E-state index is -5.40. The molecular formula is C39H34F13NO4. The number of hydrogen-bond donors (Lipinski definition) is 1. The van der Waals surface area contributed by atoms with Crippen LogP contribution in [-0.2, 0) is 27.4 Å². The fourth-order valence-electron chi connectivity index (χ4n) is 6.27. The van der Waals surface area contributed by atoms with E-state index in [0.29, 0.717) is 49.9 Å². The predicted molar refractivity (Wildman–Crippen MR) is 179 cm³/mol. The van der Waals surface area contributed by atoms with E-state index in [1.54, 1.807) is 25.2 Å². The fourth-order valence-corrected chi connectivity index (χ4v) is 6.27. The number of rotatable bonds is 16. The molecule has 310 valence electrons. The molecule has 0 spiro atoms. The Morgan fingerprint density at radius 3 is 2.05 bits per heavy atom.